The van der Waals surface area contributed by atoms with E-state index >= 15 is 0 Å². The number of allylic oxidation sites excluding steroid dienone is 2. The van der Waals surface area contributed by atoms with Crippen molar-refractivity contribution in [2.45, 2.75) is 52.1 Å². The summed E-state index contributed by atoms with van der Waals surface area (Å²) in [7, 11) is 0. The highest BCUT2D eigenvalue weighted by Crippen LogP contribution is 2.25. The van der Waals surface area contributed by atoms with Crippen LogP contribution in [0.5, 0.6) is 0 Å². The molecule has 0 bridgehead atoms. The molecule has 0 atom stereocenters. The van der Waals surface area contributed by atoms with E-state index in [4.69, 9.17) is 4.74 Å². The van der Waals surface area contributed by atoms with Gasteiger partial charge in [-0.15, -0.1) is 0 Å². The van der Waals surface area contributed by atoms with Gasteiger partial charge in [-0.25, -0.2) is 10.1 Å². The van der Waals surface area contributed by atoms with Crippen molar-refractivity contribution in [2.24, 2.45) is 5.92 Å². The van der Waals surface area contributed by atoms with Gasteiger partial charge in [0.1, 0.15) is 5.60 Å². The molecular formula is C17H25N2O3. The summed E-state index contributed by atoms with van der Waals surface area (Å²) in [6.45, 7) is 7.11. The second-order valence-electron chi connectivity index (χ2n) is 6.92. The predicted molar refractivity (Wildman–Crippen MR) is 84.1 cm³/mol. The molecule has 2 amide bonds. The molecule has 0 spiro atoms. The van der Waals surface area contributed by atoms with Crippen LogP contribution in [0.25, 0.3) is 0 Å². The standard InChI is InChI=1S/C17H25N2O3/c1-17(2,3)22-16(21)19-11-8-13(9-12-19)6-7-14-5-4-10-18-15(14)20/h4-5,10,13H,6-9,11-12H2,1-3H3. The van der Waals surface area contributed by atoms with Crippen LogP contribution in [0.4, 0.5) is 4.79 Å². The van der Waals surface area contributed by atoms with Crippen LogP contribution in [0.3, 0.4) is 0 Å². The molecule has 2 aliphatic rings. The van der Waals surface area contributed by atoms with Gasteiger partial charge in [0.2, 0.25) is 0 Å². The molecule has 121 valence electrons. The topological polar surface area (TPSA) is 60.7 Å². The quantitative estimate of drug-likeness (QED) is 0.805. The lowest BCUT2D eigenvalue weighted by Gasteiger charge is -2.33. The molecular weight excluding hydrogens is 280 g/mol. The molecule has 1 saturated heterocycles. The molecule has 5 heteroatoms. The molecule has 0 N–H and O–H groups in total. The van der Waals surface area contributed by atoms with Gasteiger partial charge in [0.15, 0.2) is 0 Å². The number of nitrogens with zero attached hydrogens (tertiary/aromatic N) is 2. The second kappa shape index (κ2) is 6.99. The van der Waals surface area contributed by atoms with E-state index in [2.05, 4.69) is 5.32 Å². The first-order valence-electron chi connectivity index (χ1n) is 7.94. The van der Waals surface area contributed by atoms with Gasteiger partial charge < -0.3 is 9.64 Å². The molecule has 22 heavy (non-hydrogen) atoms. The summed E-state index contributed by atoms with van der Waals surface area (Å²) in [5.41, 5.74) is 0.343. The number of carbonyl (C=O) groups is 2. The van der Waals surface area contributed by atoms with Crippen molar-refractivity contribution in [1.82, 2.24) is 10.2 Å². The first kappa shape index (κ1) is 16.6. The molecule has 0 saturated carbocycles. The maximum absolute atomic E-state index is 12.0. The third-order valence-electron chi connectivity index (χ3n) is 3.94. The molecule has 2 heterocycles. The van der Waals surface area contributed by atoms with E-state index in [0.717, 1.165) is 44.3 Å². The van der Waals surface area contributed by atoms with Gasteiger partial charge >= 0.3 is 6.09 Å². The van der Waals surface area contributed by atoms with Crippen LogP contribution in [0, 0.1) is 5.92 Å². The molecule has 0 aromatic carbocycles. The molecule has 0 aromatic heterocycles. The second-order valence-corrected chi connectivity index (χ2v) is 6.92. The summed E-state index contributed by atoms with van der Waals surface area (Å²) in [5, 5.41) is 3.79. The van der Waals surface area contributed by atoms with Gasteiger partial charge in [-0.2, -0.15) is 0 Å². The molecule has 0 unspecified atom stereocenters. The number of rotatable bonds is 3. The average Bonchev–Trinajstić information content (AvgIpc) is 2.45. The summed E-state index contributed by atoms with van der Waals surface area (Å²) in [6, 6.07) is 0. The lowest BCUT2D eigenvalue weighted by Crippen LogP contribution is -2.41. The zero-order chi connectivity index (χ0) is 16.2. The Hall–Kier alpha value is -1.78. The van der Waals surface area contributed by atoms with Gasteiger partial charge in [-0.05, 0) is 58.4 Å². The van der Waals surface area contributed by atoms with Gasteiger partial charge in [0.05, 0.1) is 0 Å². The lowest BCUT2D eigenvalue weighted by molar-refractivity contribution is -0.117. The van der Waals surface area contributed by atoms with E-state index in [1.807, 2.05) is 32.9 Å². The summed E-state index contributed by atoms with van der Waals surface area (Å²) in [6.07, 6.45) is 8.65. The fourth-order valence-corrected chi connectivity index (χ4v) is 2.70. The molecule has 1 fully saturated rings. The summed E-state index contributed by atoms with van der Waals surface area (Å²) in [5.74, 6) is 0.437. The van der Waals surface area contributed by atoms with Crippen LogP contribution in [0.15, 0.2) is 23.9 Å². The largest absolute Gasteiger partial charge is 0.444 e. The number of hydrogen-bond donors (Lipinski definition) is 0. The SMILES string of the molecule is CC(C)(C)OC(=O)N1CCC(CCC2=CC=C[N]C2=O)CC1. The van der Waals surface area contributed by atoms with Crippen LogP contribution >= 0.6 is 0 Å². The summed E-state index contributed by atoms with van der Waals surface area (Å²) < 4.78 is 5.39. The van der Waals surface area contributed by atoms with Crippen molar-refractivity contribution in [3.63, 3.8) is 0 Å². The van der Waals surface area contributed by atoms with Gasteiger partial charge in [0, 0.05) is 24.9 Å². The monoisotopic (exact) mass is 305 g/mol. The number of piperidine rings is 1. The maximum atomic E-state index is 12.0. The molecule has 1 radical (unpaired) electrons. The van der Waals surface area contributed by atoms with E-state index in [1.165, 1.54) is 6.20 Å². The summed E-state index contributed by atoms with van der Waals surface area (Å²) in [4.78, 5) is 25.4. The highest BCUT2D eigenvalue weighted by atomic mass is 16.6. The minimum Gasteiger partial charge on any atom is -0.444 e. The minimum absolute atomic E-state index is 0.117. The smallest absolute Gasteiger partial charge is 0.410 e. The van der Waals surface area contributed by atoms with E-state index in [1.54, 1.807) is 4.90 Å². The summed E-state index contributed by atoms with van der Waals surface area (Å²) >= 11 is 0. The molecule has 0 aromatic rings. The Labute approximate surface area is 132 Å². The zero-order valence-electron chi connectivity index (χ0n) is 13.7. The molecule has 2 aliphatic heterocycles. The molecule has 0 aliphatic carbocycles. The number of hydrogen-bond acceptors (Lipinski definition) is 3. The highest BCUT2D eigenvalue weighted by Gasteiger charge is 2.27. The van der Waals surface area contributed by atoms with Gasteiger partial charge in [0.25, 0.3) is 5.91 Å². The van der Waals surface area contributed by atoms with Gasteiger partial charge in [-0.3, -0.25) is 4.79 Å². The van der Waals surface area contributed by atoms with Crippen molar-refractivity contribution < 1.29 is 14.3 Å². The fraction of sp³-hybridized carbons (Fsp3) is 0.647. The number of ether oxygens (including phenoxy) is 1. The average molecular weight is 305 g/mol. The van der Waals surface area contributed by atoms with Crippen molar-refractivity contribution in [3.05, 3.63) is 23.9 Å². The van der Waals surface area contributed by atoms with Crippen molar-refractivity contribution in [1.29, 1.82) is 0 Å². The third-order valence-corrected chi connectivity index (χ3v) is 3.94. The van der Waals surface area contributed by atoms with Crippen LogP contribution in [0.2, 0.25) is 0 Å². The number of carbonyl (C=O) groups excluding carboxylic acids is 2. The lowest BCUT2D eigenvalue weighted by atomic mass is 9.90. The van der Waals surface area contributed by atoms with Gasteiger partial charge in [-0.1, -0.05) is 6.08 Å². The molecule has 2 rings (SSSR count). The zero-order valence-corrected chi connectivity index (χ0v) is 13.7. The Morgan fingerprint density at radius 2 is 2.05 bits per heavy atom. The normalized spacial score (nSPS) is 19.7. The van der Waals surface area contributed by atoms with E-state index in [-0.39, 0.29) is 12.0 Å². The van der Waals surface area contributed by atoms with E-state index in [0.29, 0.717) is 5.92 Å². The number of likely N-dealkylation sites (tertiary alicyclic amines) is 1. The Balaban J connectivity index is 1.73. The van der Waals surface area contributed by atoms with Crippen LogP contribution < -0.4 is 5.32 Å². The van der Waals surface area contributed by atoms with Crippen LogP contribution in [-0.4, -0.2) is 35.6 Å². The molecule has 5 nitrogen and oxygen atoms in total. The highest BCUT2D eigenvalue weighted by molar-refractivity contribution is 5.95. The van der Waals surface area contributed by atoms with Crippen LogP contribution in [-0.2, 0) is 9.53 Å². The van der Waals surface area contributed by atoms with Crippen LogP contribution in [0.1, 0.15) is 46.5 Å². The Bertz CT molecular complexity index is 481. The first-order valence-corrected chi connectivity index (χ1v) is 7.94. The van der Waals surface area contributed by atoms with Crippen molar-refractivity contribution in [3.8, 4) is 0 Å². The maximum Gasteiger partial charge on any atom is 0.410 e. The predicted octanol–water partition coefficient (Wildman–Crippen LogP) is 3.00. The van der Waals surface area contributed by atoms with E-state index < -0.39 is 5.60 Å². The Morgan fingerprint density at radius 1 is 1.36 bits per heavy atom. The number of amides is 2. The van der Waals surface area contributed by atoms with Crippen molar-refractivity contribution in [2.75, 3.05) is 13.1 Å². The fourth-order valence-electron chi connectivity index (χ4n) is 2.70. The minimum atomic E-state index is -0.446. The first-order chi connectivity index (χ1) is 10.3. The Kier molecular flexibility index (Phi) is 5.27. The van der Waals surface area contributed by atoms with E-state index in [9.17, 15) is 9.59 Å². The third kappa shape index (κ3) is 4.90. The Morgan fingerprint density at radius 3 is 2.64 bits per heavy atom. The van der Waals surface area contributed by atoms with Crippen molar-refractivity contribution >= 4 is 12.0 Å².